The van der Waals surface area contributed by atoms with E-state index in [1.165, 1.54) is 12.1 Å². The zero-order valence-electron chi connectivity index (χ0n) is 9.15. The first-order valence-corrected chi connectivity index (χ1v) is 5.42. The predicted octanol–water partition coefficient (Wildman–Crippen LogP) is 1.54. The van der Waals surface area contributed by atoms with E-state index in [0.29, 0.717) is 0 Å². The zero-order valence-corrected chi connectivity index (χ0v) is 9.15. The molecule has 2 aromatic heterocycles. The van der Waals surface area contributed by atoms with Gasteiger partial charge in [-0.3, -0.25) is 0 Å². The second-order valence-corrected chi connectivity index (χ2v) is 4.19. The molecule has 4 rings (SSSR count). The number of phenolic OH excluding ortho intramolecular Hbond substituents is 3. The van der Waals surface area contributed by atoms with E-state index in [0.717, 1.165) is 11.0 Å². The summed E-state index contributed by atoms with van der Waals surface area (Å²) in [5.41, 5.74) is 2.26. The van der Waals surface area contributed by atoms with E-state index in [2.05, 4.69) is 0 Å². The Morgan fingerprint density at radius 2 is 1.28 bits per heavy atom. The highest BCUT2D eigenvalue weighted by atomic mass is 16.3. The number of rotatable bonds is 1. The van der Waals surface area contributed by atoms with Crippen LogP contribution in [0.3, 0.4) is 0 Å². The van der Waals surface area contributed by atoms with E-state index in [1.807, 2.05) is 24.3 Å². The maximum atomic E-state index is 9.81. The van der Waals surface area contributed by atoms with Crippen LogP contribution in [-0.2, 0) is 0 Å². The van der Waals surface area contributed by atoms with Crippen molar-refractivity contribution in [2.75, 3.05) is 0 Å². The summed E-state index contributed by atoms with van der Waals surface area (Å²) in [5, 5.41) is 28.9. The van der Waals surface area contributed by atoms with Gasteiger partial charge in [0.05, 0.1) is 0 Å². The molecule has 0 spiro atoms. The van der Waals surface area contributed by atoms with Gasteiger partial charge in [0.15, 0.2) is 17.2 Å². The molecule has 0 radical (unpaired) electrons. The zero-order chi connectivity index (χ0) is 12.4. The van der Waals surface area contributed by atoms with Gasteiger partial charge in [-0.1, -0.05) is 12.1 Å². The molecule has 18 heavy (non-hydrogen) atoms. The Hall–Kier alpha value is -2.76. The molecule has 6 nitrogen and oxygen atoms in total. The summed E-state index contributed by atoms with van der Waals surface area (Å²) in [5.74, 6) is -0.522. The average molecular weight is 243 g/mol. The predicted molar refractivity (Wildman–Crippen MR) is 63.9 cm³/mol. The highest BCUT2D eigenvalue weighted by molar-refractivity contribution is 5.80. The van der Waals surface area contributed by atoms with E-state index in [-0.39, 0.29) is 22.9 Å². The molecule has 0 saturated heterocycles. The van der Waals surface area contributed by atoms with Gasteiger partial charge in [0, 0.05) is 12.1 Å². The second-order valence-electron chi connectivity index (χ2n) is 4.19. The average Bonchev–Trinajstić information content (AvgIpc) is 2.92. The molecule has 2 heterocycles. The normalized spacial score (nSPS) is 12.0. The topological polar surface area (TPSA) is 74.4 Å². The SMILES string of the molecule is Oc1cc(O)c(-n2n3c4ccccc4n23)c(O)c1. The van der Waals surface area contributed by atoms with Gasteiger partial charge in [0.25, 0.3) is 0 Å². The Morgan fingerprint density at radius 3 is 1.78 bits per heavy atom. The summed E-state index contributed by atoms with van der Waals surface area (Å²) < 4.78 is 3.61. The summed E-state index contributed by atoms with van der Waals surface area (Å²) in [4.78, 5) is 1.63. The van der Waals surface area contributed by atoms with Crippen LogP contribution in [0.2, 0.25) is 0 Å². The lowest BCUT2D eigenvalue weighted by Crippen LogP contribution is -1.87. The third-order valence-corrected chi connectivity index (χ3v) is 3.07. The fourth-order valence-corrected chi connectivity index (χ4v) is 2.28. The molecule has 0 bridgehead atoms. The Balaban J connectivity index is 2.01. The van der Waals surface area contributed by atoms with Gasteiger partial charge in [-0.05, 0) is 12.1 Å². The Morgan fingerprint density at radius 1 is 0.778 bits per heavy atom. The maximum absolute atomic E-state index is 9.81. The summed E-state index contributed by atoms with van der Waals surface area (Å²) in [7, 11) is 0. The smallest absolute Gasteiger partial charge is 0.169 e. The van der Waals surface area contributed by atoms with Gasteiger partial charge in [-0.2, -0.15) is 0 Å². The quantitative estimate of drug-likeness (QED) is 0.474. The lowest BCUT2D eigenvalue weighted by Gasteiger charge is -2.02. The first-order chi connectivity index (χ1) is 8.68. The minimum atomic E-state index is -0.175. The Kier molecular flexibility index (Phi) is 1.41. The lowest BCUT2D eigenvalue weighted by atomic mass is 10.2. The van der Waals surface area contributed by atoms with Gasteiger partial charge >= 0.3 is 0 Å². The van der Waals surface area contributed by atoms with Crippen molar-refractivity contribution in [1.82, 2.24) is 14.1 Å². The molecule has 0 fully saturated rings. The summed E-state index contributed by atoms with van der Waals surface area (Å²) in [6.07, 6.45) is 0. The second kappa shape index (κ2) is 2.73. The highest BCUT2D eigenvalue weighted by Crippen LogP contribution is 2.38. The maximum Gasteiger partial charge on any atom is 0.169 e. The minimum Gasteiger partial charge on any atom is -0.508 e. The van der Waals surface area contributed by atoms with Gasteiger partial charge in [-0.15, -0.1) is 14.1 Å². The molecule has 2 aromatic carbocycles. The van der Waals surface area contributed by atoms with Gasteiger partial charge in [0.2, 0.25) is 0 Å². The molecule has 6 heteroatoms. The molecule has 0 saturated carbocycles. The Bertz CT molecular complexity index is 803. The van der Waals surface area contributed by atoms with Gasteiger partial charge < -0.3 is 15.3 Å². The lowest BCUT2D eigenvalue weighted by molar-refractivity contribution is 0.424. The molecule has 90 valence electrons. The number of phenols is 3. The molecule has 4 aromatic rings. The molecule has 0 amide bonds. The van der Waals surface area contributed by atoms with Crippen molar-refractivity contribution < 1.29 is 15.3 Å². The van der Waals surface area contributed by atoms with Crippen LogP contribution in [0.1, 0.15) is 0 Å². The molecule has 0 aliphatic rings. The molecule has 0 aliphatic carbocycles. The van der Waals surface area contributed by atoms with Crippen LogP contribution in [0.15, 0.2) is 36.4 Å². The number of fused-ring (bicyclic) bond motifs is 4. The summed E-state index contributed by atoms with van der Waals surface area (Å²) >= 11 is 0. The van der Waals surface area contributed by atoms with Crippen molar-refractivity contribution in [1.29, 1.82) is 0 Å². The monoisotopic (exact) mass is 243 g/mol. The van der Waals surface area contributed by atoms with E-state index in [1.54, 1.807) is 14.1 Å². The van der Waals surface area contributed by atoms with E-state index in [9.17, 15) is 15.3 Å². The molecular weight excluding hydrogens is 234 g/mol. The third kappa shape index (κ3) is 0.928. The Labute approximate surface area is 100 Å². The van der Waals surface area contributed by atoms with Crippen molar-refractivity contribution in [3.8, 4) is 22.9 Å². The van der Waals surface area contributed by atoms with E-state index < -0.39 is 0 Å². The minimum absolute atomic E-state index is 0.173. The molecule has 0 atom stereocenters. The van der Waals surface area contributed by atoms with Crippen LogP contribution in [-0.4, -0.2) is 29.4 Å². The van der Waals surface area contributed by atoms with Crippen molar-refractivity contribution in [3.63, 3.8) is 0 Å². The molecule has 0 aliphatic heterocycles. The number of aromatic hydroxyl groups is 3. The number of nitrogens with zero attached hydrogens (tertiary/aromatic N) is 3. The largest absolute Gasteiger partial charge is 0.508 e. The van der Waals surface area contributed by atoms with Gasteiger partial charge in [0.1, 0.15) is 16.8 Å². The van der Waals surface area contributed by atoms with Crippen molar-refractivity contribution in [2.45, 2.75) is 0 Å². The first-order valence-electron chi connectivity index (χ1n) is 5.42. The van der Waals surface area contributed by atoms with E-state index in [4.69, 9.17) is 0 Å². The number of para-hydroxylation sites is 2. The van der Waals surface area contributed by atoms with E-state index >= 15 is 0 Å². The fourth-order valence-electron chi connectivity index (χ4n) is 2.28. The van der Waals surface area contributed by atoms with Crippen molar-refractivity contribution in [3.05, 3.63) is 36.4 Å². The van der Waals surface area contributed by atoms with Crippen LogP contribution < -0.4 is 0 Å². The summed E-state index contributed by atoms with van der Waals surface area (Å²) in [6.45, 7) is 0. The van der Waals surface area contributed by atoms with Crippen LogP contribution in [0.25, 0.3) is 16.7 Å². The number of hydrogen-bond donors (Lipinski definition) is 3. The van der Waals surface area contributed by atoms with Crippen LogP contribution in [0.4, 0.5) is 0 Å². The number of hydrogen-bond acceptors (Lipinski definition) is 3. The fraction of sp³-hybridized carbons (Fsp3) is 0. The standard InChI is InChI=1S/C12H9N3O3/c16-7-5-10(17)12(11(18)6-7)15-13-8-3-1-2-4-9(8)14(13)15/h1-6,16-18H. The molecule has 3 N–H and O–H groups in total. The summed E-state index contributed by atoms with van der Waals surface area (Å²) in [6, 6.07) is 10.1. The van der Waals surface area contributed by atoms with Crippen LogP contribution in [0, 0.1) is 0 Å². The number of aromatic nitrogens is 3. The molecule has 0 unspecified atom stereocenters. The van der Waals surface area contributed by atoms with Crippen LogP contribution >= 0.6 is 0 Å². The third-order valence-electron chi connectivity index (χ3n) is 3.07. The number of benzene rings is 2. The first kappa shape index (κ1) is 9.29. The van der Waals surface area contributed by atoms with Crippen molar-refractivity contribution in [2.24, 2.45) is 0 Å². The molecular formula is C12H9N3O3. The highest BCUT2D eigenvalue weighted by Gasteiger charge is 2.27. The van der Waals surface area contributed by atoms with Crippen molar-refractivity contribution >= 4 is 11.0 Å². The van der Waals surface area contributed by atoms with Gasteiger partial charge in [-0.25, -0.2) is 0 Å². The van der Waals surface area contributed by atoms with Crippen LogP contribution in [0.5, 0.6) is 17.2 Å².